The highest BCUT2D eigenvalue weighted by Gasteiger charge is 2.20. The number of rotatable bonds is 3. The van der Waals surface area contributed by atoms with Crippen molar-refractivity contribution in [3.8, 4) is 0 Å². The van der Waals surface area contributed by atoms with Crippen molar-refractivity contribution in [1.82, 2.24) is 10.3 Å². The number of carbonyl (C=O) groups is 1. The number of anilines is 1. The van der Waals surface area contributed by atoms with Crippen LogP contribution in [0.4, 0.5) is 5.13 Å². The third kappa shape index (κ3) is 3.53. The predicted molar refractivity (Wildman–Crippen MR) is 75.1 cm³/mol. The third-order valence-electron chi connectivity index (χ3n) is 3.22. The van der Waals surface area contributed by atoms with Gasteiger partial charge in [-0.1, -0.05) is 26.7 Å². The van der Waals surface area contributed by atoms with Gasteiger partial charge in [0.25, 0.3) is 0 Å². The average molecular weight is 267 g/mol. The minimum Gasteiger partial charge on any atom is -0.306 e. The molecule has 100 valence electrons. The molecular weight excluding hydrogens is 246 g/mol. The smallest absolute Gasteiger partial charge is 0.243 e. The minimum atomic E-state index is -0.0566. The number of hydrogen-bond acceptors (Lipinski definition) is 4. The second kappa shape index (κ2) is 6.29. The van der Waals surface area contributed by atoms with Crippen LogP contribution in [0.5, 0.6) is 0 Å². The maximum absolute atomic E-state index is 12.1. The molecule has 0 saturated carbocycles. The highest BCUT2D eigenvalue weighted by Crippen LogP contribution is 2.22. The van der Waals surface area contributed by atoms with Crippen molar-refractivity contribution in [2.24, 2.45) is 0 Å². The van der Waals surface area contributed by atoms with Crippen LogP contribution in [0.1, 0.15) is 51.1 Å². The molecule has 1 saturated heterocycles. The summed E-state index contributed by atoms with van der Waals surface area (Å²) >= 11 is 1.50. The van der Waals surface area contributed by atoms with Gasteiger partial charge in [-0.05, 0) is 25.3 Å². The molecule has 2 N–H and O–H groups in total. The summed E-state index contributed by atoms with van der Waals surface area (Å²) in [5.74, 6) is 0.462. The van der Waals surface area contributed by atoms with E-state index in [4.69, 9.17) is 0 Å². The van der Waals surface area contributed by atoms with E-state index in [9.17, 15) is 4.79 Å². The zero-order valence-corrected chi connectivity index (χ0v) is 11.8. The predicted octanol–water partition coefficient (Wildman–Crippen LogP) is 2.74. The summed E-state index contributed by atoms with van der Waals surface area (Å²) in [5, 5.41) is 8.95. The van der Waals surface area contributed by atoms with Gasteiger partial charge in [0.05, 0.1) is 11.7 Å². The maximum Gasteiger partial charge on any atom is 0.243 e. The summed E-state index contributed by atoms with van der Waals surface area (Å²) < 4.78 is 0. The van der Waals surface area contributed by atoms with Gasteiger partial charge in [-0.15, -0.1) is 11.3 Å². The molecule has 1 amide bonds. The van der Waals surface area contributed by atoms with E-state index < -0.39 is 0 Å². The van der Waals surface area contributed by atoms with E-state index in [0.717, 1.165) is 30.2 Å². The Morgan fingerprint density at radius 3 is 3.06 bits per heavy atom. The van der Waals surface area contributed by atoms with Gasteiger partial charge in [-0.25, -0.2) is 4.98 Å². The van der Waals surface area contributed by atoms with Crippen LogP contribution in [-0.2, 0) is 4.79 Å². The number of amides is 1. The maximum atomic E-state index is 12.1. The van der Waals surface area contributed by atoms with E-state index in [0.29, 0.717) is 5.92 Å². The Labute approximate surface area is 112 Å². The third-order valence-corrected chi connectivity index (χ3v) is 4.00. The Morgan fingerprint density at radius 1 is 1.50 bits per heavy atom. The van der Waals surface area contributed by atoms with Crippen LogP contribution in [0.15, 0.2) is 5.38 Å². The lowest BCUT2D eigenvalue weighted by Crippen LogP contribution is -2.39. The van der Waals surface area contributed by atoms with Crippen molar-refractivity contribution in [2.45, 2.75) is 51.5 Å². The number of nitrogens with one attached hydrogen (secondary N) is 2. The van der Waals surface area contributed by atoms with Gasteiger partial charge in [0.1, 0.15) is 0 Å². The monoisotopic (exact) mass is 267 g/mol. The van der Waals surface area contributed by atoms with Crippen molar-refractivity contribution in [1.29, 1.82) is 0 Å². The molecule has 0 aromatic carbocycles. The molecule has 1 aromatic heterocycles. The number of nitrogens with zero attached hydrogens (tertiary/aromatic N) is 1. The quantitative estimate of drug-likeness (QED) is 0.885. The molecule has 2 rings (SSSR count). The van der Waals surface area contributed by atoms with Crippen molar-refractivity contribution in [2.75, 3.05) is 11.9 Å². The Morgan fingerprint density at radius 2 is 2.33 bits per heavy atom. The molecule has 0 aliphatic carbocycles. The fourth-order valence-electron chi connectivity index (χ4n) is 2.05. The van der Waals surface area contributed by atoms with Gasteiger partial charge >= 0.3 is 0 Å². The first-order valence-corrected chi connectivity index (χ1v) is 7.54. The highest BCUT2D eigenvalue weighted by molar-refractivity contribution is 7.13. The molecule has 1 atom stereocenters. The molecule has 1 aromatic rings. The van der Waals surface area contributed by atoms with Crippen molar-refractivity contribution < 1.29 is 4.79 Å². The van der Waals surface area contributed by atoms with Crippen LogP contribution < -0.4 is 10.6 Å². The van der Waals surface area contributed by atoms with E-state index in [2.05, 4.69) is 29.5 Å². The Bertz CT molecular complexity index is 395. The SMILES string of the molecule is CC(C)c1csc(NC(=O)C2CCCCCN2)n1. The fourth-order valence-corrected chi connectivity index (χ4v) is 2.93. The standard InChI is InChI=1S/C13H21N3OS/c1-9(2)11-8-18-13(15-11)16-12(17)10-6-4-3-5-7-14-10/h8-10,14H,3-7H2,1-2H3,(H,15,16,17). The summed E-state index contributed by atoms with van der Waals surface area (Å²) in [5.41, 5.74) is 1.05. The summed E-state index contributed by atoms with van der Waals surface area (Å²) in [6, 6.07) is -0.0566. The molecule has 1 aliphatic heterocycles. The number of aromatic nitrogens is 1. The van der Waals surface area contributed by atoms with Crippen LogP contribution in [0.25, 0.3) is 0 Å². The van der Waals surface area contributed by atoms with Gasteiger partial charge < -0.3 is 10.6 Å². The number of carbonyl (C=O) groups excluding carboxylic acids is 1. The summed E-state index contributed by atoms with van der Waals surface area (Å²) in [6.07, 6.45) is 4.43. The van der Waals surface area contributed by atoms with Gasteiger partial charge in [-0.2, -0.15) is 0 Å². The summed E-state index contributed by atoms with van der Waals surface area (Å²) in [4.78, 5) is 16.5. The molecule has 2 heterocycles. The molecule has 4 nitrogen and oxygen atoms in total. The molecule has 1 unspecified atom stereocenters. The highest BCUT2D eigenvalue weighted by atomic mass is 32.1. The van der Waals surface area contributed by atoms with Crippen LogP contribution in [-0.4, -0.2) is 23.5 Å². The zero-order valence-electron chi connectivity index (χ0n) is 11.0. The van der Waals surface area contributed by atoms with Crippen LogP contribution >= 0.6 is 11.3 Å². The normalized spacial score (nSPS) is 20.7. The molecular formula is C13H21N3OS. The Kier molecular flexibility index (Phi) is 4.72. The van der Waals surface area contributed by atoms with E-state index >= 15 is 0 Å². The van der Waals surface area contributed by atoms with E-state index in [1.807, 2.05) is 5.38 Å². The molecule has 0 spiro atoms. The van der Waals surface area contributed by atoms with Crippen LogP contribution in [0, 0.1) is 0 Å². The average Bonchev–Trinajstić information content (AvgIpc) is 2.64. The van der Waals surface area contributed by atoms with Gasteiger partial charge in [0, 0.05) is 5.38 Å². The molecule has 1 aliphatic rings. The van der Waals surface area contributed by atoms with E-state index in [1.54, 1.807) is 0 Å². The van der Waals surface area contributed by atoms with Crippen molar-refractivity contribution in [3.05, 3.63) is 11.1 Å². The first kappa shape index (κ1) is 13.5. The summed E-state index contributed by atoms with van der Waals surface area (Å²) in [6.45, 7) is 5.15. The molecule has 0 bridgehead atoms. The van der Waals surface area contributed by atoms with Crippen LogP contribution in [0.3, 0.4) is 0 Å². The lowest BCUT2D eigenvalue weighted by atomic mass is 10.1. The number of thiazole rings is 1. The largest absolute Gasteiger partial charge is 0.306 e. The molecule has 5 heteroatoms. The van der Waals surface area contributed by atoms with Gasteiger partial charge in [0.2, 0.25) is 5.91 Å². The summed E-state index contributed by atoms with van der Waals surface area (Å²) in [7, 11) is 0. The number of hydrogen-bond donors (Lipinski definition) is 2. The lowest BCUT2D eigenvalue weighted by Gasteiger charge is -2.14. The molecule has 18 heavy (non-hydrogen) atoms. The van der Waals surface area contributed by atoms with E-state index in [1.165, 1.54) is 24.2 Å². The van der Waals surface area contributed by atoms with Crippen molar-refractivity contribution >= 4 is 22.4 Å². The van der Waals surface area contributed by atoms with E-state index in [-0.39, 0.29) is 11.9 Å². The fraction of sp³-hybridized carbons (Fsp3) is 0.692. The zero-order chi connectivity index (χ0) is 13.0. The lowest BCUT2D eigenvalue weighted by molar-refractivity contribution is -0.118. The Hall–Kier alpha value is -0.940. The minimum absolute atomic E-state index is 0.0566. The van der Waals surface area contributed by atoms with Crippen molar-refractivity contribution in [3.63, 3.8) is 0 Å². The second-order valence-corrected chi connectivity index (χ2v) is 5.94. The first-order valence-electron chi connectivity index (χ1n) is 6.66. The van der Waals surface area contributed by atoms with Crippen LogP contribution in [0.2, 0.25) is 0 Å². The topological polar surface area (TPSA) is 54.0 Å². The molecule has 1 fully saturated rings. The van der Waals surface area contributed by atoms with Gasteiger partial charge in [-0.3, -0.25) is 4.79 Å². The van der Waals surface area contributed by atoms with Gasteiger partial charge in [0.15, 0.2) is 5.13 Å². The Balaban J connectivity index is 1.92. The molecule has 0 radical (unpaired) electrons. The first-order chi connectivity index (χ1) is 8.66. The second-order valence-electron chi connectivity index (χ2n) is 5.08.